The van der Waals surface area contributed by atoms with Crippen LogP contribution in [0.3, 0.4) is 0 Å². The van der Waals surface area contributed by atoms with Gasteiger partial charge in [-0.05, 0) is 32.2 Å². The lowest BCUT2D eigenvalue weighted by Crippen LogP contribution is -2.50. The van der Waals surface area contributed by atoms with E-state index in [1.807, 2.05) is 0 Å². The number of nitrogens with two attached hydrogens (primary N) is 1. The highest BCUT2D eigenvalue weighted by molar-refractivity contribution is 7.91. The molecule has 7 nitrogen and oxygen atoms in total. The van der Waals surface area contributed by atoms with Crippen molar-refractivity contribution >= 4 is 15.9 Å². The average Bonchev–Trinajstić information content (AvgIpc) is 3.42. The topological polar surface area (TPSA) is 102 Å². The summed E-state index contributed by atoms with van der Waals surface area (Å²) in [6, 6.07) is 0. The Kier molecular flexibility index (Phi) is 4.29. The highest BCUT2D eigenvalue weighted by Gasteiger charge is 2.60. The molecule has 8 heteroatoms. The third-order valence-corrected chi connectivity index (χ3v) is 7.57. The fraction of sp³-hybridized carbons (Fsp3) is 0.800. The van der Waals surface area contributed by atoms with Gasteiger partial charge in [-0.15, -0.1) is 6.58 Å². The van der Waals surface area contributed by atoms with Crippen molar-refractivity contribution in [1.29, 1.82) is 0 Å². The number of hydrogen-bond donors (Lipinski definition) is 2. The molecule has 2 aliphatic carbocycles. The van der Waals surface area contributed by atoms with Gasteiger partial charge in [-0.25, -0.2) is 8.42 Å². The van der Waals surface area contributed by atoms with Crippen molar-refractivity contribution in [1.82, 2.24) is 9.62 Å². The second-order valence-electron chi connectivity index (χ2n) is 6.91. The van der Waals surface area contributed by atoms with E-state index in [9.17, 15) is 13.2 Å². The number of nitrogens with one attached hydrogen (secondary N) is 1. The number of carbonyl (C=O) groups is 1. The van der Waals surface area contributed by atoms with E-state index in [4.69, 9.17) is 10.5 Å². The summed E-state index contributed by atoms with van der Waals surface area (Å²) in [6.07, 6.45) is 3.80. The molecule has 1 saturated heterocycles. The van der Waals surface area contributed by atoms with E-state index in [2.05, 4.69) is 16.2 Å². The van der Waals surface area contributed by atoms with Crippen LogP contribution in [0.1, 0.15) is 25.7 Å². The van der Waals surface area contributed by atoms with Crippen molar-refractivity contribution in [2.45, 2.75) is 36.0 Å². The molecule has 0 radical (unpaired) electrons. The molecule has 3 aliphatic rings. The van der Waals surface area contributed by atoms with Gasteiger partial charge in [-0.1, -0.05) is 6.08 Å². The van der Waals surface area contributed by atoms with Crippen molar-refractivity contribution in [3.63, 3.8) is 0 Å². The Labute approximate surface area is 137 Å². The Hall–Kier alpha value is -0.960. The van der Waals surface area contributed by atoms with Crippen LogP contribution in [0, 0.1) is 5.92 Å². The van der Waals surface area contributed by atoms with Crippen LogP contribution in [-0.2, 0) is 19.6 Å². The first kappa shape index (κ1) is 16.9. The van der Waals surface area contributed by atoms with Gasteiger partial charge in [-0.2, -0.15) is 0 Å². The maximum atomic E-state index is 12.6. The monoisotopic (exact) mass is 343 g/mol. The van der Waals surface area contributed by atoms with Gasteiger partial charge in [0.25, 0.3) is 5.91 Å². The van der Waals surface area contributed by atoms with Gasteiger partial charge in [0.15, 0.2) is 0 Å². The standard InChI is InChI=1S/C15H25N3O4S/c1-2-12-11-15(12,16)13(19)17-23(20,21)14(3-4-14)5-6-18-7-9-22-10-8-18/h2,12H,1,3-11,16H2,(H,17,19). The van der Waals surface area contributed by atoms with Crippen LogP contribution in [0.15, 0.2) is 12.7 Å². The average molecular weight is 343 g/mol. The Balaban J connectivity index is 1.58. The van der Waals surface area contributed by atoms with Gasteiger partial charge in [0.1, 0.15) is 5.54 Å². The molecule has 2 unspecified atom stereocenters. The zero-order chi connectivity index (χ0) is 16.7. The molecular weight excluding hydrogens is 318 g/mol. The Morgan fingerprint density at radius 2 is 2.04 bits per heavy atom. The smallest absolute Gasteiger partial charge is 0.254 e. The SMILES string of the molecule is C=CC1CC1(N)C(=O)NS(=O)(=O)C1(CCN2CCOCC2)CC1. The van der Waals surface area contributed by atoms with E-state index in [0.29, 0.717) is 45.4 Å². The molecule has 3 N–H and O–H groups in total. The summed E-state index contributed by atoms with van der Waals surface area (Å²) in [4.78, 5) is 14.4. The van der Waals surface area contributed by atoms with Crippen molar-refractivity contribution in [3.8, 4) is 0 Å². The van der Waals surface area contributed by atoms with Crippen LogP contribution < -0.4 is 10.5 Å². The molecule has 0 aromatic heterocycles. The molecule has 2 atom stereocenters. The van der Waals surface area contributed by atoms with Crippen LogP contribution in [0.4, 0.5) is 0 Å². The lowest BCUT2D eigenvalue weighted by atomic mass is 10.2. The fourth-order valence-corrected chi connectivity index (χ4v) is 4.81. The normalized spacial score (nSPS) is 33.0. The van der Waals surface area contributed by atoms with E-state index < -0.39 is 26.2 Å². The summed E-state index contributed by atoms with van der Waals surface area (Å²) in [7, 11) is -3.70. The lowest BCUT2D eigenvalue weighted by Gasteiger charge is -2.28. The predicted molar refractivity (Wildman–Crippen MR) is 86.1 cm³/mol. The van der Waals surface area contributed by atoms with Gasteiger partial charge in [0.05, 0.1) is 18.0 Å². The summed E-state index contributed by atoms with van der Waals surface area (Å²) in [5, 5.41) is 0. The van der Waals surface area contributed by atoms with Crippen molar-refractivity contribution in [3.05, 3.63) is 12.7 Å². The molecule has 3 fully saturated rings. The quantitative estimate of drug-likeness (QED) is 0.610. The predicted octanol–water partition coefficient (Wildman–Crippen LogP) is -0.409. The molecule has 23 heavy (non-hydrogen) atoms. The molecule has 0 spiro atoms. The highest BCUT2D eigenvalue weighted by atomic mass is 32.2. The number of rotatable bonds is 7. The molecule has 2 saturated carbocycles. The zero-order valence-corrected chi connectivity index (χ0v) is 14.1. The third-order valence-electron chi connectivity index (χ3n) is 5.36. The summed E-state index contributed by atoms with van der Waals surface area (Å²) in [5.41, 5.74) is 4.83. The van der Waals surface area contributed by atoms with E-state index >= 15 is 0 Å². The number of ether oxygens (including phenoxy) is 1. The van der Waals surface area contributed by atoms with Crippen molar-refractivity contribution in [2.24, 2.45) is 11.7 Å². The van der Waals surface area contributed by atoms with E-state index in [1.54, 1.807) is 6.08 Å². The summed E-state index contributed by atoms with van der Waals surface area (Å²) >= 11 is 0. The van der Waals surface area contributed by atoms with Crippen LogP contribution in [0.5, 0.6) is 0 Å². The second kappa shape index (κ2) is 5.84. The van der Waals surface area contributed by atoms with Crippen LogP contribution in [0.25, 0.3) is 0 Å². The first-order valence-electron chi connectivity index (χ1n) is 8.11. The Bertz CT molecular complexity index is 596. The molecule has 130 valence electrons. The van der Waals surface area contributed by atoms with Crippen molar-refractivity contribution in [2.75, 3.05) is 32.8 Å². The minimum Gasteiger partial charge on any atom is -0.379 e. The van der Waals surface area contributed by atoms with Gasteiger partial charge in [0.2, 0.25) is 10.0 Å². The molecule has 1 heterocycles. The Morgan fingerprint density at radius 3 is 2.57 bits per heavy atom. The minimum atomic E-state index is -3.70. The first-order valence-corrected chi connectivity index (χ1v) is 9.60. The fourth-order valence-electron chi connectivity index (χ4n) is 3.16. The summed E-state index contributed by atoms with van der Waals surface area (Å²) < 4.78 is 31.9. The van der Waals surface area contributed by atoms with Crippen molar-refractivity contribution < 1.29 is 17.9 Å². The van der Waals surface area contributed by atoms with E-state index in [0.717, 1.165) is 13.1 Å². The highest BCUT2D eigenvalue weighted by Crippen LogP contribution is 2.47. The first-order chi connectivity index (χ1) is 10.8. The second-order valence-corrected chi connectivity index (χ2v) is 8.99. The molecule has 0 aromatic rings. The number of nitrogens with zero attached hydrogens (tertiary/aromatic N) is 1. The van der Waals surface area contributed by atoms with Gasteiger partial charge >= 0.3 is 0 Å². The minimum absolute atomic E-state index is 0.138. The third kappa shape index (κ3) is 3.17. The molecule has 0 aromatic carbocycles. The number of sulfonamides is 1. The molecule has 1 aliphatic heterocycles. The summed E-state index contributed by atoms with van der Waals surface area (Å²) in [6.45, 7) is 7.36. The largest absolute Gasteiger partial charge is 0.379 e. The van der Waals surface area contributed by atoms with Gasteiger partial charge in [0, 0.05) is 19.0 Å². The Morgan fingerprint density at radius 1 is 1.39 bits per heavy atom. The lowest BCUT2D eigenvalue weighted by molar-refractivity contribution is -0.121. The number of amides is 1. The number of carbonyl (C=O) groups excluding carboxylic acids is 1. The maximum absolute atomic E-state index is 12.6. The van der Waals surface area contributed by atoms with Crippen LogP contribution in [-0.4, -0.2) is 62.4 Å². The van der Waals surface area contributed by atoms with Gasteiger partial charge in [-0.3, -0.25) is 14.4 Å². The summed E-state index contributed by atoms with van der Waals surface area (Å²) in [5.74, 6) is -0.735. The zero-order valence-electron chi connectivity index (χ0n) is 13.3. The molecular formula is C15H25N3O4S. The van der Waals surface area contributed by atoms with Crippen LogP contribution >= 0.6 is 0 Å². The van der Waals surface area contributed by atoms with E-state index in [-0.39, 0.29) is 5.92 Å². The van der Waals surface area contributed by atoms with Gasteiger partial charge < -0.3 is 10.5 Å². The van der Waals surface area contributed by atoms with Crippen LogP contribution in [0.2, 0.25) is 0 Å². The number of hydrogen-bond acceptors (Lipinski definition) is 6. The molecule has 3 rings (SSSR count). The van der Waals surface area contributed by atoms with E-state index in [1.165, 1.54) is 0 Å². The molecule has 0 bridgehead atoms. The number of morpholine rings is 1. The maximum Gasteiger partial charge on any atom is 0.254 e. The molecule has 1 amide bonds.